The van der Waals surface area contributed by atoms with Gasteiger partial charge in [-0.05, 0) is 30.2 Å². The average molecular weight is 395 g/mol. The van der Waals surface area contributed by atoms with E-state index in [2.05, 4.69) is 5.32 Å². The van der Waals surface area contributed by atoms with E-state index in [9.17, 15) is 28.4 Å². The second-order valence-corrected chi connectivity index (χ2v) is 6.82. The number of nitrogens with one attached hydrogen (secondary N) is 1. The van der Waals surface area contributed by atoms with Crippen molar-refractivity contribution in [1.29, 1.82) is 0 Å². The average Bonchev–Trinajstić information content (AvgIpc) is 3.08. The summed E-state index contributed by atoms with van der Waals surface area (Å²) in [6.07, 6.45) is -3.59. The summed E-state index contributed by atoms with van der Waals surface area (Å²) in [5.41, 5.74) is 0.614. The SMILES string of the molecule is O=[N+]([O-])c1cc(NC2CCN(Cc3cccc(C(F)(F)F)c3)C2)ccc1CO. The number of nitro groups is 1. The maximum atomic E-state index is 12.8. The molecule has 1 aliphatic rings. The summed E-state index contributed by atoms with van der Waals surface area (Å²) >= 11 is 0. The number of hydrogen-bond donors (Lipinski definition) is 2. The Morgan fingerprint density at radius 2 is 2.04 bits per heavy atom. The number of alkyl halides is 3. The van der Waals surface area contributed by atoms with Crippen molar-refractivity contribution in [2.75, 3.05) is 18.4 Å². The van der Waals surface area contributed by atoms with E-state index in [4.69, 9.17) is 0 Å². The molecular formula is C19H20F3N3O3. The number of likely N-dealkylation sites (tertiary alicyclic amines) is 1. The van der Waals surface area contributed by atoms with Gasteiger partial charge in [0.1, 0.15) is 0 Å². The second-order valence-electron chi connectivity index (χ2n) is 6.82. The second kappa shape index (κ2) is 8.15. The zero-order chi connectivity index (χ0) is 20.3. The number of aliphatic hydroxyl groups is 1. The molecule has 2 aromatic rings. The van der Waals surface area contributed by atoms with Crippen LogP contribution in [0.4, 0.5) is 24.5 Å². The predicted molar refractivity (Wildman–Crippen MR) is 97.8 cm³/mol. The topological polar surface area (TPSA) is 78.6 Å². The van der Waals surface area contributed by atoms with Crippen LogP contribution in [0.1, 0.15) is 23.1 Å². The molecule has 1 unspecified atom stereocenters. The van der Waals surface area contributed by atoms with Crippen molar-refractivity contribution in [2.24, 2.45) is 0 Å². The lowest BCUT2D eigenvalue weighted by atomic mass is 10.1. The van der Waals surface area contributed by atoms with E-state index in [1.807, 2.05) is 4.90 Å². The number of aliphatic hydroxyl groups excluding tert-OH is 1. The molecule has 6 nitrogen and oxygen atoms in total. The Morgan fingerprint density at radius 1 is 1.25 bits per heavy atom. The molecule has 1 atom stereocenters. The number of nitrogens with zero attached hydrogens (tertiary/aromatic N) is 2. The molecule has 1 saturated heterocycles. The van der Waals surface area contributed by atoms with Crippen molar-refractivity contribution < 1.29 is 23.2 Å². The zero-order valence-electron chi connectivity index (χ0n) is 14.9. The van der Waals surface area contributed by atoms with Crippen LogP contribution in [-0.2, 0) is 19.3 Å². The first kappa shape index (κ1) is 20.1. The van der Waals surface area contributed by atoms with E-state index >= 15 is 0 Å². The molecule has 2 aromatic carbocycles. The summed E-state index contributed by atoms with van der Waals surface area (Å²) in [7, 11) is 0. The summed E-state index contributed by atoms with van der Waals surface area (Å²) in [6.45, 7) is 1.33. The third kappa shape index (κ3) is 4.79. The van der Waals surface area contributed by atoms with E-state index in [1.165, 1.54) is 18.2 Å². The van der Waals surface area contributed by atoms with Gasteiger partial charge in [0.25, 0.3) is 5.69 Å². The summed E-state index contributed by atoms with van der Waals surface area (Å²) in [6, 6.07) is 9.91. The molecule has 0 radical (unpaired) electrons. The Labute approximate surface area is 159 Å². The quantitative estimate of drug-likeness (QED) is 0.575. The van der Waals surface area contributed by atoms with E-state index < -0.39 is 23.3 Å². The molecule has 0 aromatic heterocycles. The number of rotatable bonds is 6. The van der Waals surface area contributed by atoms with E-state index in [1.54, 1.807) is 12.1 Å². The minimum atomic E-state index is -4.36. The van der Waals surface area contributed by atoms with Gasteiger partial charge in [0.05, 0.1) is 22.7 Å². The van der Waals surface area contributed by atoms with Crippen LogP contribution in [0.2, 0.25) is 0 Å². The number of nitro benzene ring substituents is 1. The molecule has 9 heteroatoms. The molecule has 2 N–H and O–H groups in total. The Balaban J connectivity index is 1.62. The highest BCUT2D eigenvalue weighted by Gasteiger charge is 2.31. The number of benzene rings is 2. The van der Waals surface area contributed by atoms with E-state index in [0.29, 0.717) is 30.9 Å². The molecule has 0 bridgehead atoms. The fraction of sp³-hybridized carbons (Fsp3) is 0.368. The molecule has 28 heavy (non-hydrogen) atoms. The van der Waals surface area contributed by atoms with Gasteiger partial charge in [-0.15, -0.1) is 0 Å². The zero-order valence-corrected chi connectivity index (χ0v) is 14.9. The lowest BCUT2D eigenvalue weighted by Crippen LogP contribution is -2.26. The van der Waals surface area contributed by atoms with Gasteiger partial charge >= 0.3 is 6.18 Å². The minimum absolute atomic E-state index is 0.0328. The van der Waals surface area contributed by atoms with E-state index in [-0.39, 0.29) is 17.3 Å². The molecule has 1 fully saturated rings. The summed E-state index contributed by atoms with van der Waals surface area (Å²) in [5.74, 6) is 0. The highest BCUT2D eigenvalue weighted by molar-refractivity contribution is 5.55. The monoisotopic (exact) mass is 395 g/mol. The third-order valence-electron chi connectivity index (χ3n) is 4.76. The van der Waals surface area contributed by atoms with E-state index in [0.717, 1.165) is 18.6 Å². The predicted octanol–water partition coefficient (Wildman–Crippen LogP) is 3.79. The van der Waals surface area contributed by atoms with Crippen LogP contribution in [0.25, 0.3) is 0 Å². The van der Waals surface area contributed by atoms with Gasteiger partial charge in [-0.1, -0.05) is 18.2 Å². The molecule has 3 rings (SSSR count). The van der Waals surface area contributed by atoms with Gasteiger partial charge in [0.15, 0.2) is 0 Å². The van der Waals surface area contributed by atoms with Crippen molar-refractivity contribution in [2.45, 2.75) is 31.8 Å². The third-order valence-corrected chi connectivity index (χ3v) is 4.76. The van der Waals surface area contributed by atoms with Gasteiger partial charge in [-0.2, -0.15) is 13.2 Å². The van der Waals surface area contributed by atoms with Crippen LogP contribution in [0.5, 0.6) is 0 Å². The molecule has 1 aliphatic heterocycles. The fourth-order valence-corrected chi connectivity index (χ4v) is 3.39. The normalized spacial score (nSPS) is 17.6. The minimum Gasteiger partial charge on any atom is -0.391 e. The first-order valence-electron chi connectivity index (χ1n) is 8.79. The smallest absolute Gasteiger partial charge is 0.391 e. The number of anilines is 1. The molecule has 0 aliphatic carbocycles. The Morgan fingerprint density at radius 3 is 2.71 bits per heavy atom. The lowest BCUT2D eigenvalue weighted by molar-refractivity contribution is -0.385. The first-order valence-corrected chi connectivity index (χ1v) is 8.79. The molecular weight excluding hydrogens is 375 g/mol. The van der Waals surface area contributed by atoms with Crippen molar-refractivity contribution in [3.8, 4) is 0 Å². The van der Waals surface area contributed by atoms with Crippen LogP contribution < -0.4 is 5.32 Å². The van der Waals surface area contributed by atoms with Crippen LogP contribution in [0.3, 0.4) is 0 Å². The van der Waals surface area contributed by atoms with Crippen LogP contribution >= 0.6 is 0 Å². The highest BCUT2D eigenvalue weighted by atomic mass is 19.4. The largest absolute Gasteiger partial charge is 0.416 e. The lowest BCUT2D eigenvalue weighted by Gasteiger charge is -2.18. The van der Waals surface area contributed by atoms with Gasteiger partial charge < -0.3 is 10.4 Å². The summed E-state index contributed by atoms with van der Waals surface area (Å²) in [4.78, 5) is 12.6. The van der Waals surface area contributed by atoms with Crippen molar-refractivity contribution >= 4 is 11.4 Å². The van der Waals surface area contributed by atoms with Crippen molar-refractivity contribution in [1.82, 2.24) is 4.90 Å². The first-order chi connectivity index (χ1) is 13.3. The van der Waals surface area contributed by atoms with Crippen LogP contribution in [0, 0.1) is 10.1 Å². The summed E-state index contributed by atoms with van der Waals surface area (Å²) in [5, 5.41) is 23.5. The number of hydrogen-bond acceptors (Lipinski definition) is 5. The molecule has 0 saturated carbocycles. The van der Waals surface area contributed by atoms with Crippen LogP contribution in [-0.4, -0.2) is 34.1 Å². The van der Waals surface area contributed by atoms with Crippen molar-refractivity contribution in [3.05, 3.63) is 69.3 Å². The van der Waals surface area contributed by atoms with Crippen molar-refractivity contribution in [3.63, 3.8) is 0 Å². The fourth-order valence-electron chi connectivity index (χ4n) is 3.39. The molecule has 0 amide bonds. The Hall–Kier alpha value is -2.65. The maximum absolute atomic E-state index is 12.8. The highest BCUT2D eigenvalue weighted by Crippen LogP contribution is 2.30. The van der Waals surface area contributed by atoms with Gasteiger partial charge in [-0.3, -0.25) is 15.0 Å². The van der Waals surface area contributed by atoms with Gasteiger partial charge in [-0.25, -0.2) is 0 Å². The van der Waals surface area contributed by atoms with Crippen LogP contribution in [0.15, 0.2) is 42.5 Å². The molecule has 150 valence electrons. The Kier molecular flexibility index (Phi) is 5.85. The standard InChI is InChI=1S/C19H20F3N3O3/c20-19(21,22)15-3-1-2-13(8-15)10-24-7-6-17(11-24)23-16-5-4-14(12-26)18(9-16)25(27)28/h1-5,8-9,17,23,26H,6-7,10-12H2. The molecule has 0 spiro atoms. The number of halogens is 3. The van der Waals surface area contributed by atoms with Gasteiger partial charge in [0, 0.05) is 37.4 Å². The Bertz CT molecular complexity index is 858. The van der Waals surface area contributed by atoms with Gasteiger partial charge in [0.2, 0.25) is 0 Å². The summed E-state index contributed by atoms with van der Waals surface area (Å²) < 4.78 is 38.5. The molecule has 1 heterocycles. The maximum Gasteiger partial charge on any atom is 0.416 e.